The maximum absolute atomic E-state index is 13.5. The third-order valence-electron chi connectivity index (χ3n) is 8.47. The van der Waals surface area contributed by atoms with E-state index in [1.54, 1.807) is 11.8 Å². The number of hydrogen-bond acceptors (Lipinski definition) is 4. The molecule has 1 heterocycles. The van der Waals surface area contributed by atoms with E-state index in [0.29, 0.717) is 6.54 Å². The van der Waals surface area contributed by atoms with Crippen LogP contribution >= 0.6 is 27.7 Å². The highest BCUT2D eigenvalue weighted by atomic mass is 79.9. The second-order valence-electron chi connectivity index (χ2n) is 11.1. The maximum Gasteiger partial charge on any atom is 0.226 e. The van der Waals surface area contributed by atoms with Gasteiger partial charge in [-0.1, -0.05) is 70.2 Å². The molecular weight excluding hydrogens is 532 g/mol. The van der Waals surface area contributed by atoms with Gasteiger partial charge in [0.05, 0.1) is 6.54 Å². The van der Waals surface area contributed by atoms with Gasteiger partial charge in [-0.25, -0.2) is 0 Å². The summed E-state index contributed by atoms with van der Waals surface area (Å²) in [6.45, 7) is 1.24. The van der Waals surface area contributed by atoms with E-state index in [4.69, 9.17) is 0 Å². The Morgan fingerprint density at radius 1 is 0.944 bits per heavy atom. The van der Waals surface area contributed by atoms with Crippen LogP contribution in [0.2, 0.25) is 0 Å². The van der Waals surface area contributed by atoms with Gasteiger partial charge in [0.25, 0.3) is 0 Å². The number of benzene rings is 2. The molecule has 4 aliphatic rings. The summed E-state index contributed by atoms with van der Waals surface area (Å²) in [5.74, 6) is 4.22. The zero-order chi connectivity index (χ0) is 24.5. The molecule has 7 heteroatoms. The molecule has 1 N–H and O–H groups in total. The SMILES string of the molecule is O=C(NCc1nnc(SCc2ccc(Br)cc2)n1CCc1ccccc1)C12CC3CC(CC(C3)C1)C2. The molecule has 7 rings (SSSR count). The number of carbonyl (C=O) groups is 1. The maximum atomic E-state index is 13.5. The predicted molar refractivity (Wildman–Crippen MR) is 146 cm³/mol. The first-order chi connectivity index (χ1) is 17.6. The number of aryl methyl sites for hydroxylation is 1. The molecule has 0 unspecified atom stereocenters. The highest BCUT2D eigenvalue weighted by Crippen LogP contribution is 2.60. The smallest absolute Gasteiger partial charge is 0.226 e. The molecule has 0 aliphatic heterocycles. The van der Waals surface area contributed by atoms with Gasteiger partial charge in [-0.15, -0.1) is 10.2 Å². The molecule has 0 spiro atoms. The number of amides is 1. The van der Waals surface area contributed by atoms with Crippen molar-refractivity contribution in [3.63, 3.8) is 0 Å². The third-order valence-corrected chi connectivity index (χ3v) is 10.0. The second-order valence-corrected chi connectivity index (χ2v) is 12.9. The van der Waals surface area contributed by atoms with Crippen LogP contribution in [0.25, 0.3) is 0 Å². The van der Waals surface area contributed by atoms with Crippen LogP contribution in [0.4, 0.5) is 0 Å². The normalized spacial score (nSPS) is 26.3. The molecule has 4 fully saturated rings. The van der Waals surface area contributed by atoms with Gasteiger partial charge < -0.3 is 9.88 Å². The van der Waals surface area contributed by atoms with E-state index in [0.717, 1.165) is 71.2 Å². The van der Waals surface area contributed by atoms with Gasteiger partial charge in [0.1, 0.15) is 0 Å². The third kappa shape index (κ3) is 5.14. The van der Waals surface area contributed by atoms with Crippen molar-refractivity contribution in [3.8, 4) is 0 Å². The average Bonchev–Trinajstić information content (AvgIpc) is 3.27. The van der Waals surface area contributed by atoms with E-state index < -0.39 is 0 Å². The van der Waals surface area contributed by atoms with Gasteiger partial charge in [-0.2, -0.15) is 0 Å². The summed E-state index contributed by atoms with van der Waals surface area (Å²) >= 11 is 5.22. The second kappa shape index (κ2) is 10.3. The minimum atomic E-state index is -0.136. The molecule has 0 radical (unpaired) electrons. The summed E-state index contributed by atoms with van der Waals surface area (Å²) in [5, 5.41) is 13.3. The fourth-order valence-electron chi connectivity index (χ4n) is 7.13. The first-order valence-electron chi connectivity index (χ1n) is 13.2. The lowest BCUT2D eigenvalue weighted by molar-refractivity contribution is -0.146. The molecule has 36 heavy (non-hydrogen) atoms. The first-order valence-corrected chi connectivity index (χ1v) is 15.0. The van der Waals surface area contributed by atoms with Crippen molar-refractivity contribution >= 4 is 33.6 Å². The summed E-state index contributed by atoms with van der Waals surface area (Å²) in [6.07, 6.45) is 8.19. The quantitative estimate of drug-likeness (QED) is 0.305. The van der Waals surface area contributed by atoms with E-state index >= 15 is 0 Å². The monoisotopic (exact) mass is 564 g/mol. The molecule has 3 aromatic rings. The standard InChI is InChI=1S/C29H33BrN4OS/c30-25-8-6-21(7-9-25)19-36-28-33-32-26(34(28)11-10-20-4-2-1-3-5-20)18-31-27(35)29-15-22-12-23(16-29)14-24(13-22)17-29/h1-9,22-24H,10-19H2,(H,31,35). The Hall–Kier alpha value is -2.12. The Morgan fingerprint density at radius 3 is 2.28 bits per heavy atom. The van der Waals surface area contributed by atoms with Crippen molar-refractivity contribution in [3.05, 3.63) is 76.0 Å². The number of aromatic nitrogens is 3. The zero-order valence-corrected chi connectivity index (χ0v) is 22.9. The minimum Gasteiger partial charge on any atom is -0.348 e. The zero-order valence-electron chi connectivity index (χ0n) is 20.5. The van der Waals surface area contributed by atoms with Gasteiger partial charge >= 0.3 is 0 Å². The van der Waals surface area contributed by atoms with Gasteiger partial charge in [0, 0.05) is 22.2 Å². The summed E-state index contributed by atoms with van der Waals surface area (Å²) in [7, 11) is 0. The Labute approximate surface area is 226 Å². The lowest BCUT2D eigenvalue weighted by atomic mass is 9.49. The first kappa shape index (κ1) is 24.2. The van der Waals surface area contributed by atoms with Crippen molar-refractivity contribution in [2.24, 2.45) is 23.2 Å². The van der Waals surface area contributed by atoms with Crippen molar-refractivity contribution in [2.45, 2.75) is 68.9 Å². The molecule has 4 bridgehead atoms. The summed E-state index contributed by atoms with van der Waals surface area (Å²) in [4.78, 5) is 13.5. The molecule has 188 valence electrons. The van der Waals surface area contributed by atoms with Gasteiger partial charge in [0.2, 0.25) is 5.91 Å². The van der Waals surface area contributed by atoms with Crippen LogP contribution in [0, 0.1) is 23.2 Å². The van der Waals surface area contributed by atoms with Crippen LogP contribution in [-0.2, 0) is 30.1 Å². The fourth-order valence-corrected chi connectivity index (χ4v) is 8.33. The number of carbonyl (C=O) groups excluding carboxylic acids is 1. The number of rotatable bonds is 9. The lowest BCUT2D eigenvalue weighted by Crippen LogP contribution is -2.53. The fraction of sp³-hybridized carbons (Fsp3) is 0.483. The Bertz CT molecular complexity index is 1170. The van der Waals surface area contributed by atoms with E-state index in [9.17, 15) is 4.79 Å². The van der Waals surface area contributed by atoms with Crippen molar-refractivity contribution < 1.29 is 4.79 Å². The van der Waals surface area contributed by atoms with E-state index in [1.165, 1.54) is 30.4 Å². The number of nitrogens with zero attached hydrogens (tertiary/aromatic N) is 3. The predicted octanol–water partition coefficient (Wildman–Crippen LogP) is 6.41. The number of hydrogen-bond donors (Lipinski definition) is 1. The van der Waals surface area contributed by atoms with Gasteiger partial charge in [-0.05, 0) is 86.0 Å². The molecular formula is C29H33BrN4OS. The lowest BCUT2D eigenvalue weighted by Gasteiger charge is -2.55. The Morgan fingerprint density at radius 2 is 1.61 bits per heavy atom. The molecule has 5 nitrogen and oxygen atoms in total. The topological polar surface area (TPSA) is 59.8 Å². The molecule has 1 aromatic heterocycles. The van der Waals surface area contributed by atoms with Crippen molar-refractivity contribution in [2.75, 3.05) is 0 Å². The largest absolute Gasteiger partial charge is 0.348 e. The van der Waals surface area contributed by atoms with Crippen LogP contribution in [0.3, 0.4) is 0 Å². The van der Waals surface area contributed by atoms with Crippen LogP contribution in [-0.4, -0.2) is 20.7 Å². The molecule has 4 aliphatic carbocycles. The van der Waals surface area contributed by atoms with Gasteiger partial charge in [-0.3, -0.25) is 4.79 Å². The van der Waals surface area contributed by atoms with E-state index in [-0.39, 0.29) is 11.3 Å². The van der Waals surface area contributed by atoms with Crippen LogP contribution in [0.1, 0.15) is 55.5 Å². The van der Waals surface area contributed by atoms with E-state index in [2.05, 4.69) is 84.5 Å². The molecule has 0 atom stereocenters. The number of nitrogens with one attached hydrogen (secondary N) is 1. The minimum absolute atomic E-state index is 0.136. The highest BCUT2D eigenvalue weighted by Gasteiger charge is 2.54. The van der Waals surface area contributed by atoms with Crippen LogP contribution < -0.4 is 5.32 Å². The average molecular weight is 566 g/mol. The summed E-state index contributed by atoms with van der Waals surface area (Å²) in [5.41, 5.74) is 2.40. The van der Waals surface area contributed by atoms with E-state index in [1.807, 2.05) is 6.07 Å². The summed E-state index contributed by atoms with van der Waals surface area (Å²) in [6, 6.07) is 18.9. The molecule has 4 saturated carbocycles. The van der Waals surface area contributed by atoms with Crippen LogP contribution in [0.5, 0.6) is 0 Å². The molecule has 1 amide bonds. The Kier molecular flexibility index (Phi) is 6.95. The number of halogens is 1. The Balaban J connectivity index is 1.16. The summed E-state index contributed by atoms with van der Waals surface area (Å²) < 4.78 is 3.29. The van der Waals surface area contributed by atoms with Crippen molar-refractivity contribution in [1.82, 2.24) is 20.1 Å². The highest BCUT2D eigenvalue weighted by molar-refractivity contribution is 9.10. The number of thioether (sulfide) groups is 1. The van der Waals surface area contributed by atoms with Gasteiger partial charge in [0.15, 0.2) is 11.0 Å². The molecule has 0 saturated heterocycles. The van der Waals surface area contributed by atoms with Crippen LogP contribution in [0.15, 0.2) is 64.2 Å². The molecule has 2 aromatic carbocycles. The van der Waals surface area contributed by atoms with Crippen molar-refractivity contribution in [1.29, 1.82) is 0 Å².